The Balaban J connectivity index is 1.30. The number of para-hydroxylation sites is 1. The second-order valence-electron chi connectivity index (χ2n) is 7.78. The molecule has 4 rings (SSSR count). The monoisotopic (exact) mass is 450 g/mol. The number of urea groups is 1. The normalized spacial score (nSPS) is 15.6. The number of carbonyl (C=O) groups excluding carboxylic acids is 3. The second kappa shape index (κ2) is 9.64. The summed E-state index contributed by atoms with van der Waals surface area (Å²) in [4.78, 5) is 41.8. The summed E-state index contributed by atoms with van der Waals surface area (Å²) in [5.41, 5.74) is 2.87. The molecule has 2 aromatic carbocycles. The Labute approximate surface area is 191 Å². The summed E-state index contributed by atoms with van der Waals surface area (Å²) in [6.45, 7) is 0.509. The van der Waals surface area contributed by atoms with E-state index in [2.05, 4.69) is 15.6 Å². The number of amides is 4. The average Bonchev–Trinajstić information content (AvgIpc) is 3.35. The molecule has 33 heavy (non-hydrogen) atoms. The van der Waals surface area contributed by atoms with Crippen LogP contribution in [0.5, 0.6) is 11.5 Å². The summed E-state index contributed by atoms with van der Waals surface area (Å²) in [7, 11) is 3.05. The Bertz CT molecular complexity index is 1190. The molecule has 1 aromatic heterocycles. The van der Waals surface area contributed by atoms with Crippen molar-refractivity contribution in [2.75, 3.05) is 20.8 Å². The highest BCUT2D eigenvalue weighted by Crippen LogP contribution is 2.28. The number of rotatable bonds is 9. The first-order valence-electron chi connectivity index (χ1n) is 10.6. The van der Waals surface area contributed by atoms with Gasteiger partial charge in [-0.05, 0) is 35.7 Å². The summed E-state index contributed by atoms with van der Waals surface area (Å²) in [6, 6.07) is 11.7. The van der Waals surface area contributed by atoms with Crippen LogP contribution >= 0.6 is 0 Å². The summed E-state index contributed by atoms with van der Waals surface area (Å²) < 4.78 is 10.5. The molecule has 3 N–H and O–H groups in total. The maximum atomic E-state index is 12.7. The zero-order valence-electron chi connectivity index (χ0n) is 18.5. The molecule has 1 saturated heterocycles. The van der Waals surface area contributed by atoms with Crippen LogP contribution in [-0.2, 0) is 22.6 Å². The molecule has 1 aliphatic heterocycles. The van der Waals surface area contributed by atoms with E-state index in [1.165, 1.54) is 14.2 Å². The highest BCUT2D eigenvalue weighted by Gasteiger charge is 2.39. The van der Waals surface area contributed by atoms with E-state index in [1.54, 1.807) is 18.2 Å². The van der Waals surface area contributed by atoms with Gasteiger partial charge < -0.3 is 25.1 Å². The molecule has 2 heterocycles. The van der Waals surface area contributed by atoms with E-state index in [0.29, 0.717) is 30.0 Å². The summed E-state index contributed by atoms with van der Waals surface area (Å²) in [6.07, 6.45) is 2.48. The number of hydrogen-bond acceptors (Lipinski definition) is 5. The minimum Gasteiger partial charge on any atom is -0.493 e. The lowest BCUT2D eigenvalue weighted by molar-refractivity contribution is -0.131. The molecule has 1 atom stereocenters. The van der Waals surface area contributed by atoms with E-state index in [0.717, 1.165) is 21.4 Å². The zero-order valence-corrected chi connectivity index (χ0v) is 18.5. The van der Waals surface area contributed by atoms with Crippen molar-refractivity contribution in [3.63, 3.8) is 0 Å². The number of fused-ring (bicyclic) bond motifs is 1. The number of imide groups is 1. The molecule has 1 aliphatic rings. The highest BCUT2D eigenvalue weighted by molar-refractivity contribution is 6.05. The Morgan fingerprint density at radius 1 is 1.09 bits per heavy atom. The third-order valence-corrected chi connectivity index (χ3v) is 5.68. The maximum absolute atomic E-state index is 12.7. The molecule has 0 aliphatic carbocycles. The molecular weight excluding hydrogens is 424 g/mol. The smallest absolute Gasteiger partial charge is 0.325 e. The predicted octanol–water partition coefficient (Wildman–Crippen LogP) is 2.35. The first kappa shape index (κ1) is 22.2. The molecule has 0 radical (unpaired) electrons. The summed E-state index contributed by atoms with van der Waals surface area (Å²) in [5.74, 6) is 0.344. The van der Waals surface area contributed by atoms with Crippen LogP contribution in [0.15, 0.2) is 48.7 Å². The van der Waals surface area contributed by atoms with Crippen LogP contribution in [0.3, 0.4) is 0 Å². The molecule has 0 unspecified atom stereocenters. The molecule has 0 bridgehead atoms. The van der Waals surface area contributed by atoms with Gasteiger partial charge in [0, 0.05) is 23.6 Å². The Kier molecular flexibility index (Phi) is 6.48. The molecule has 172 valence electrons. The molecule has 0 spiro atoms. The van der Waals surface area contributed by atoms with Gasteiger partial charge in [0.25, 0.3) is 5.91 Å². The molecular formula is C24H26N4O5. The van der Waals surface area contributed by atoms with Crippen molar-refractivity contribution >= 4 is 28.7 Å². The van der Waals surface area contributed by atoms with Crippen molar-refractivity contribution in [1.82, 2.24) is 20.5 Å². The summed E-state index contributed by atoms with van der Waals surface area (Å²) >= 11 is 0. The van der Waals surface area contributed by atoms with E-state index < -0.39 is 18.0 Å². The number of carbonyl (C=O) groups is 3. The Morgan fingerprint density at radius 2 is 1.88 bits per heavy atom. The van der Waals surface area contributed by atoms with Crippen LogP contribution in [-0.4, -0.2) is 54.5 Å². The van der Waals surface area contributed by atoms with Gasteiger partial charge in [-0.15, -0.1) is 0 Å². The topological polar surface area (TPSA) is 113 Å². The van der Waals surface area contributed by atoms with Gasteiger partial charge in [-0.1, -0.05) is 24.3 Å². The fourth-order valence-electron chi connectivity index (χ4n) is 3.96. The van der Waals surface area contributed by atoms with Gasteiger partial charge in [0.1, 0.15) is 6.04 Å². The number of aromatic amines is 1. The van der Waals surface area contributed by atoms with Crippen molar-refractivity contribution in [3.05, 3.63) is 59.8 Å². The van der Waals surface area contributed by atoms with Crippen molar-refractivity contribution in [2.45, 2.75) is 25.4 Å². The number of benzene rings is 2. The third-order valence-electron chi connectivity index (χ3n) is 5.68. The van der Waals surface area contributed by atoms with Gasteiger partial charge in [0.05, 0.1) is 27.2 Å². The van der Waals surface area contributed by atoms with Crippen LogP contribution in [0.2, 0.25) is 0 Å². The molecule has 4 amide bonds. The van der Waals surface area contributed by atoms with Gasteiger partial charge >= 0.3 is 6.03 Å². The van der Waals surface area contributed by atoms with Crippen LogP contribution in [0, 0.1) is 0 Å². The van der Waals surface area contributed by atoms with Crippen molar-refractivity contribution in [3.8, 4) is 11.5 Å². The molecule has 3 aromatic rings. The standard InChI is InChI=1S/C24H26N4O5/c1-32-20-8-7-15(11-21(20)33-2)14-28-23(30)19(27-24(28)31)12-22(29)25-10-9-16-13-26-18-6-4-3-5-17(16)18/h3-8,11,13,19,26H,9-10,12,14H2,1-2H3,(H,25,29)(H,27,31)/t19-/m1/s1. The van der Waals surface area contributed by atoms with Crippen LogP contribution in [0.25, 0.3) is 10.9 Å². The first-order valence-corrected chi connectivity index (χ1v) is 10.6. The average molecular weight is 450 g/mol. The number of H-pyrrole nitrogens is 1. The Morgan fingerprint density at radius 3 is 2.67 bits per heavy atom. The first-order chi connectivity index (χ1) is 16.0. The fourth-order valence-corrected chi connectivity index (χ4v) is 3.96. The molecule has 1 fully saturated rings. The van der Waals surface area contributed by atoms with E-state index >= 15 is 0 Å². The number of nitrogens with one attached hydrogen (secondary N) is 3. The van der Waals surface area contributed by atoms with E-state index in [1.807, 2.05) is 30.5 Å². The van der Waals surface area contributed by atoms with Crippen LogP contribution in [0.4, 0.5) is 4.79 Å². The number of methoxy groups -OCH3 is 2. The van der Waals surface area contributed by atoms with Crippen molar-refractivity contribution in [2.24, 2.45) is 0 Å². The van der Waals surface area contributed by atoms with Crippen molar-refractivity contribution in [1.29, 1.82) is 0 Å². The van der Waals surface area contributed by atoms with Gasteiger partial charge in [0.15, 0.2) is 11.5 Å². The molecule has 9 nitrogen and oxygen atoms in total. The van der Waals surface area contributed by atoms with Gasteiger partial charge in [-0.2, -0.15) is 0 Å². The SMILES string of the molecule is COc1ccc(CN2C(=O)N[C@H](CC(=O)NCCc3c[nH]c4ccccc34)C2=O)cc1OC. The number of aromatic nitrogens is 1. The van der Waals surface area contributed by atoms with E-state index in [9.17, 15) is 14.4 Å². The predicted molar refractivity (Wildman–Crippen MR) is 122 cm³/mol. The minimum atomic E-state index is -0.884. The maximum Gasteiger partial charge on any atom is 0.325 e. The van der Waals surface area contributed by atoms with Crippen LogP contribution in [0.1, 0.15) is 17.5 Å². The minimum absolute atomic E-state index is 0.0731. The molecule has 9 heteroatoms. The lowest BCUT2D eigenvalue weighted by Gasteiger charge is -2.15. The molecule has 0 saturated carbocycles. The Hall–Kier alpha value is -4.01. The lowest BCUT2D eigenvalue weighted by Crippen LogP contribution is -2.37. The third kappa shape index (κ3) is 4.77. The number of nitrogens with zero attached hydrogens (tertiary/aromatic N) is 1. The number of ether oxygens (including phenoxy) is 2. The largest absolute Gasteiger partial charge is 0.493 e. The lowest BCUT2D eigenvalue weighted by atomic mass is 10.1. The quantitative estimate of drug-likeness (QED) is 0.433. The van der Waals surface area contributed by atoms with E-state index in [4.69, 9.17) is 9.47 Å². The zero-order chi connectivity index (χ0) is 23.4. The highest BCUT2D eigenvalue weighted by atomic mass is 16.5. The van der Waals surface area contributed by atoms with E-state index in [-0.39, 0.29) is 18.9 Å². The number of hydrogen-bond donors (Lipinski definition) is 3. The van der Waals surface area contributed by atoms with Gasteiger partial charge in [-0.3, -0.25) is 14.5 Å². The van der Waals surface area contributed by atoms with Gasteiger partial charge in [0.2, 0.25) is 5.91 Å². The van der Waals surface area contributed by atoms with Gasteiger partial charge in [-0.25, -0.2) is 4.79 Å². The fraction of sp³-hybridized carbons (Fsp3) is 0.292. The summed E-state index contributed by atoms with van der Waals surface area (Å²) in [5, 5.41) is 6.56. The second-order valence-corrected chi connectivity index (χ2v) is 7.78. The van der Waals surface area contributed by atoms with Crippen LogP contribution < -0.4 is 20.1 Å². The van der Waals surface area contributed by atoms with Crippen molar-refractivity contribution < 1.29 is 23.9 Å².